The van der Waals surface area contributed by atoms with E-state index >= 15 is 0 Å². The van der Waals surface area contributed by atoms with Gasteiger partial charge in [0.05, 0.1) is 6.61 Å². The predicted molar refractivity (Wildman–Crippen MR) is 85.6 cm³/mol. The molecule has 0 aliphatic heterocycles. The first kappa shape index (κ1) is 16.5. The normalized spacial score (nSPS) is 16.0. The van der Waals surface area contributed by atoms with Gasteiger partial charge in [0.25, 0.3) is 0 Å². The Morgan fingerprint density at radius 2 is 2.00 bits per heavy atom. The fourth-order valence-corrected chi connectivity index (χ4v) is 3.28. The lowest BCUT2D eigenvalue weighted by Crippen LogP contribution is -2.47. The van der Waals surface area contributed by atoms with Crippen molar-refractivity contribution < 1.29 is 5.11 Å². The molecular formula is C16H27NOS. The van der Waals surface area contributed by atoms with Crippen LogP contribution in [0.3, 0.4) is 0 Å². The smallest absolute Gasteiger partial charge is 0.0611 e. The Bertz CT molecular complexity index is 344. The second-order valence-corrected chi connectivity index (χ2v) is 6.88. The van der Waals surface area contributed by atoms with Gasteiger partial charge in [0.2, 0.25) is 0 Å². The van der Waals surface area contributed by atoms with Crippen molar-refractivity contribution in [2.45, 2.75) is 50.2 Å². The number of benzene rings is 1. The van der Waals surface area contributed by atoms with Crippen LogP contribution in [0.1, 0.15) is 39.2 Å². The quantitative estimate of drug-likeness (QED) is 0.727. The van der Waals surface area contributed by atoms with Gasteiger partial charge >= 0.3 is 0 Å². The van der Waals surface area contributed by atoms with E-state index in [-0.39, 0.29) is 12.1 Å². The average molecular weight is 281 g/mol. The van der Waals surface area contributed by atoms with Gasteiger partial charge in [-0.15, -0.1) is 0 Å². The van der Waals surface area contributed by atoms with Crippen LogP contribution in [0.25, 0.3) is 0 Å². The minimum absolute atomic E-state index is 0.154. The molecule has 108 valence electrons. The zero-order valence-corrected chi connectivity index (χ0v) is 13.2. The van der Waals surface area contributed by atoms with Gasteiger partial charge in [-0.1, -0.05) is 44.2 Å². The third-order valence-electron chi connectivity index (χ3n) is 3.27. The molecule has 0 fully saturated rings. The number of thioether (sulfide) groups is 1. The van der Waals surface area contributed by atoms with Gasteiger partial charge in [0.15, 0.2) is 0 Å². The van der Waals surface area contributed by atoms with Crippen LogP contribution >= 0.6 is 11.8 Å². The summed E-state index contributed by atoms with van der Waals surface area (Å²) < 4.78 is 0. The summed E-state index contributed by atoms with van der Waals surface area (Å²) in [5.74, 6) is 1.04. The molecule has 1 aromatic carbocycles. The fourth-order valence-electron chi connectivity index (χ4n) is 2.13. The van der Waals surface area contributed by atoms with E-state index in [1.165, 1.54) is 5.56 Å². The standard InChI is InChI=1S/C16H27NOS/c1-4-10-17-16(3,13-18)11-14(2)19-12-15-8-6-5-7-9-15/h5-9,14,17-18H,4,10-13H2,1-3H3. The lowest BCUT2D eigenvalue weighted by molar-refractivity contribution is 0.166. The van der Waals surface area contributed by atoms with Crippen molar-refractivity contribution in [3.8, 4) is 0 Å². The van der Waals surface area contributed by atoms with Crippen molar-refractivity contribution in [2.24, 2.45) is 0 Å². The van der Waals surface area contributed by atoms with E-state index in [4.69, 9.17) is 0 Å². The topological polar surface area (TPSA) is 32.3 Å². The zero-order chi connectivity index (χ0) is 14.1. The molecule has 2 N–H and O–H groups in total. The molecule has 0 aliphatic rings. The highest BCUT2D eigenvalue weighted by Gasteiger charge is 2.24. The Labute approximate surface area is 122 Å². The molecule has 0 aliphatic carbocycles. The molecule has 0 radical (unpaired) electrons. The van der Waals surface area contributed by atoms with E-state index in [0.717, 1.165) is 25.1 Å². The van der Waals surface area contributed by atoms with Crippen LogP contribution < -0.4 is 5.32 Å². The molecule has 0 amide bonds. The lowest BCUT2D eigenvalue weighted by Gasteiger charge is -2.31. The molecule has 2 atom stereocenters. The van der Waals surface area contributed by atoms with E-state index in [1.807, 2.05) is 11.8 Å². The maximum Gasteiger partial charge on any atom is 0.0611 e. The van der Waals surface area contributed by atoms with Gasteiger partial charge in [0, 0.05) is 16.5 Å². The summed E-state index contributed by atoms with van der Waals surface area (Å²) in [5.41, 5.74) is 1.21. The molecule has 19 heavy (non-hydrogen) atoms. The molecule has 0 bridgehead atoms. The first-order valence-electron chi connectivity index (χ1n) is 7.11. The number of aliphatic hydroxyl groups excluding tert-OH is 1. The van der Waals surface area contributed by atoms with Crippen LogP contribution in [0, 0.1) is 0 Å². The fraction of sp³-hybridized carbons (Fsp3) is 0.625. The minimum Gasteiger partial charge on any atom is -0.394 e. The molecule has 1 rings (SSSR count). The molecule has 3 heteroatoms. The number of nitrogens with one attached hydrogen (secondary N) is 1. The molecule has 0 heterocycles. The minimum atomic E-state index is -0.154. The average Bonchev–Trinajstić information content (AvgIpc) is 2.44. The van der Waals surface area contributed by atoms with Crippen molar-refractivity contribution in [2.75, 3.05) is 13.2 Å². The molecule has 0 saturated heterocycles. The van der Waals surface area contributed by atoms with Crippen LogP contribution in [0.15, 0.2) is 30.3 Å². The van der Waals surface area contributed by atoms with Crippen molar-refractivity contribution in [3.05, 3.63) is 35.9 Å². The van der Waals surface area contributed by atoms with E-state index in [2.05, 4.69) is 56.4 Å². The van der Waals surface area contributed by atoms with Crippen molar-refractivity contribution in [1.82, 2.24) is 5.32 Å². The molecule has 0 spiro atoms. The Morgan fingerprint density at radius 1 is 1.32 bits per heavy atom. The van der Waals surface area contributed by atoms with Crippen molar-refractivity contribution in [1.29, 1.82) is 0 Å². The van der Waals surface area contributed by atoms with Gasteiger partial charge < -0.3 is 10.4 Å². The van der Waals surface area contributed by atoms with Gasteiger partial charge in [-0.3, -0.25) is 0 Å². The summed E-state index contributed by atoms with van der Waals surface area (Å²) in [6, 6.07) is 10.6. The molecule has 0 aromatic heterocycles. The van der Waals surface area contributed by atoms with E-state index in [9.17, 15) is 5.11 Å². The third-order valence-corrected chi connectivity index (χ3v) is 4.50. The molecule has 2 unspecified atom stereocenters. The predicted octanol–water partition coefficient (Wildman–Crippen LogP) is 3.45. The Balaban J connectivity index is 2.38. The summed E-state index contributed by atoms with van der Waals surface area (Å²) >= 11 is 1.95. The Kier molecular flexibility index (Phi) is 7.51. The number of hydrogen-bond acceptors (Lipinski definition) is 3. The van der Waals surface area contributed by atoms with E-state index < -0.39 is 0 Å². The summed E-state index contributed by atoms with van der Waals surface area (Å²) in [6.45, 7) is 7.67. The monoisotopic (exact) mass is 281 g/mol. The maximum absolute atomic E-state index is 9.57. The second kappa shape index (κ2) is 8.62. The summed E-state index contributed by atoms with van der Waals surface area (Å²) in [4.78, 5) is 0. The summed E-state index contributed by atoms with van der Waals surface area (Å²) in [5, 5.41) is 13.6. The highest BCUT2D eigenvalue weighted by Crippen LogP contribution is 2.24. The highest BCUT2D eigenvalue weighted by molar-refractivity contribution is 7.99. The van der Waals surface area contributed by atoms with Crippen molar-refractivity contribution in [3.63, 3.8) is 0 Å². The Hall–Kier alpha value is -0.510. The van der Waals surface area contributed by atoms with Gasteiger partial charge in [-0.2, -0.15) is 11.8 Å². The molecule has 2 nitrogen and oxygen atoms in total. The van der Waals surface area contributed by atoms with E-state index in [1.54, 1.807) is 0 Å². The number of rotatable bonds is 9. The zero-order valence-electron chi connectivity index (χ0n) is 12.4. The highest BCUT2D eigenvalue weighted by atomic mass is 32.2. The third kappa shape index (κ3) is 6.46. The van der Waals surface area contributed by atoms with Gasteiger partial charge in [0.1, 0.15) is 0 Å². The number of aliphatic hydroxyl groups is 1. The summed E-state index contributed by atoms with van der Waals surface area (Å²) in [7, 11) is 0. The first-order valence-corrected chi connectivity index (χ1v) is 8.16. The Morgan fingerprint density at radius 3 is 2.58 bits per heavy atom. The van der Waals surface area contributed by atoms with Crippen LogP contribution in [-0.2, 0) is 5.75 Å². The van der Waals surface area contributed by atoms with Crippen LogP contribution in [0.4, 0.5) is 0 Å². The van der Waals surface area contributed by atoms with E-state index in [0.29, 0.717) is 5.25 Å². The second-order valence-electron chi connectivity index (χ2n) is 5.46. The number of hydrogen-bond donors (Lipinski definition) is 2. The lowest BCUT2D eigenvalue weighted by atomic mass is 9.97. The molecule has 0 saturated carbocycles. The van der Waals surface area contributed by atoms with Crippen LogP contribution in [0.5, 0.6) is 0 Å². The summed E-state index contributed by atoms with van der Waals surface area (Å²) in [6.07, 6.45) is 2.09. The largest absolute Gasteiger partial charge is 0.394 e. The van der Waals surface area contributed by atoms with Crippen LogP contribution in [0.2, 0.25) is 0 Å². The molecule has 1 aromatic rings. The maximum atomic E-state index is 9.57. The molecular weight excluding hydrogens is 254 g/mol. The van der Waals surface area contributed by atoms with Gasteiger partial charge in [-0.05, 0) is 31.9 Å². The van der Waals surface area contributed by atoms with Crippen molar-refractivity contribution >= 4 is 11.8 Å². The van der Waals surface area contributed by atoms with Crippen LogP contribution in [-0.4, -0.2) is 29.0 Å². The first-order chi connectivity index (χ1) is 9.09. The SMILES string of the molecule is CCCNC(C)(CO)CC(C)SCc1ccccc1. The van der Waals surface area contributed by atoms with Gasteiger partial charge in [-0.25, -0.2) is 0 Å².